The zero-order valence-electron chi connectivity index (χ0n) is 17.6. The molecule has 0 saturated heterocycles. The number of H-pyrrole nitrogens is 1. The fourth-order valence-corrected chi connectivity index (χ4v) is 3.84. The van der Waals surface area contributed by atoms with E-state index < -0.39 is 6.10 Å². The van der Waals surface area contributed by atoms with Gasteiger partial charge in [-0.05, 0) is 36.8 Å². The summed E-state index contributed by atoms with van der Waals surface area (Å²) in [6.07, 6.45) is -0.0835. The van der Waals surface area contributed by atoms with Crippen molar-refractivity contribution in [3.05, 3.63) is 66.2 Å². The maximum Gasteiger partial charge on any atom is 0.161 e. The molecule has 1 unspecified atom stereocenters. The molecular weight excluding hydrogens is 392 g/mol. The van der Waals surface area contributed by atoms with Gasteiger partial charge in [-0.3, -0.25) is 0 Å². The maximum absolute atomic E-state index is 10.5. The van der Waals surface area contributed by atoms with E-state index in [1.165, 1.54) is 0 Å². The predicted molar refractivity (Wildman–Crippen MR) is 123 cm³/mol. The van der Waals surface area contributed by atoms with Crippen LogP contribution in [0.4, 0.5) is 0 Å². The Kier molecular flexibility index (Phi) is 6.60. The number of para-hydroxylation sites is 3. The number of nitrogens with one attached hydrogen (secondary N) is 2. The highest BCUT2D eigenvalue weighted by Crippen LogP contribution is 2.34. The molecule has 3 aromatic carbocycles. The Labute approximate surface area is 181 Å². The largest absolute Gasteiger partial charge is 0.507 e. The van der Waals surface area contributed by atoms with E-state index in [4.69, 9.17) is 9.47 Å². The van der Waals surface area contributed by atoms with Crippen molar-refractivity contribution in [2.45, 2.75) is 19.4 Å². The van der Waals surface area contributed by atoms with Gasteiger partial charge in [-0.25, -0.2) is 0 Å². The molecule has 4 N–H and O–H groups in total. The minimum absolute atomic E-state index is 0.244. The van der Waals surface area contributed by atoms with Crippen molar-refractivity contribution in [1.82, 2.24) is 10.3 Å². The Balaban J connectivity index is 1.32. The molecule has 0 amide bonds. The zero-order valence-corrected chi connectivity index (χ0v) is 17.6. The average Bonchev–Trinajstić information content (AvgIpc) is 3.17. The molecular formula is C25H28N2O4. The third-order valence-corrected chi connectivity index (χ3v) is 5.25. The fraction of sp³-hybridized carbons (Fsp3) is 0.280. The number of aliphatic hydroxyl groups is 1. The van der Waals surface area contributed by atoms with E-state index in [9.17, 15) is 10.2 Å². The Morgan fingerprint density at radius 3 is 2.52 bits per heavy atom. The SMILES string of the molecule is CCOc1ccccc1OCCNCC(O)Cc1ccc(O)c2c1[nH]c1ccccc12. The number of phenols is 1. The number of aromatic nitrogens is 1. The topological polar surface area (TPSA) is 86.7 Å². The Hall–Kier alpha value is -3.22. The second-order valence-corrected chi connectivity index (χ2v) is 7.45. The lowest BCUT2D eigenvalue weighted by Gasteiger charge is -2.14. The Morgan fingerprint density at radius 1 is 0.968 bits per heavy atom. The third-order valence-electron chi connectivity index (χ3n) is 5.25. The molecule has 1 aromatic heterocycles. The van der Waals surface area contributed by atoms with Gasteiger partial charge < -0.3 is 30.0 Å². The van der Waals surface area contributed by atoms with Gasteiger partial charge in [0.1, 0.15) is 12.4 Å². The van der Waals surface area contributed by atoms with Crippen molar-refractivity contribution >= 4 is 21.8 Å². The average molecular weight is 421 g/mol. The molecule has 6 nitrogen and oxygen atoms in total. The molecule has 0 bridgehead atoms. The van der Waals surface area contributed by atoms with Crippen LogP contribution in [0.25, 0.3) is 21.8 Å². The molecule has 1 heterocycles. The highest BCUT2D eigenvalue weighted by molar-refractivity contribution is 6.11. The molecule has 4 rings (SSSR count). The molecule has 0 radical (unpaired) electrons. The van der Waals surface area contributed by atoms with Crippen LogP contribution in [0.3, 0.4) is 0 Å². The van der Waals surface area contributed by atoms with Gasteiger partial charge in [0, 0.05) is 35.8 Å². The van der Waals surface area contributed by atoms with Crippen molar-refractivity contribution in [2.24, 2.45) is 0 Å². The summed E-state index contributed by atoms with van der Waals surface area (Å²) < 4.78 is 11.4. The number of phenolic OH excluding ortho intramolecular Hbond substituents is 1. The quantitative estimate of drug-likeness (QED) is 0.291. The van der Waals surface area contributed by atoms with Crippen LogP contribution in [0.1, 0.15) is 12.5 Å². The summed E-state index contributed by atoms with van der Waals surface area (Å²) in [5.41, 5.74) is 2.81. The summed E-state index contributed by atoms with van der Waals surface area (Å²) in [7, 11) is 0. The zero-order chi connectivity index (χ0) is 21.6. The van der Waals surface area contributed by atoms with Crippen LogP contribution >= 0.6 is 0 Å². The van der Waals surface area contributed by atoms with E-state index in [1.807, 2.05) is 61.5 Å². The molecule has 0 fully saturated rings. The standard InChI is InChI=1S/C25H28N2O4/c1-2-30-22-9-5-6-10-23(22)31-14-13-26-16-18(28)15-17-11-12-21(29)24-19-7-3-4-8-20(19)27-25(17)24/h3-12,18,26-29H,2,13-16H2,1H3. The first-order valence-corrected chi connectivity index (χ1v) is 10.6. The first kappa shape index (κ1) is 21.0. The van der Waals surface area contributed by atoms with Crippen LogP contribution in [-0.2, 0) is 6.42 Å². The Bertz CT molecular complexity index is 1150. The van der Waals surface area contributed by atoms with Crippen molar-refractivity contribution in [3.8, 4) is 17.2 Å². The molecule has 1 atom stereocenters. The lowest BCUT2D eigenvalue weighted by Crippen LogP contribution is -2.31. The predicted octanol–water partition coefficient (Wildman–Crippen LogP) is 4.00. The highest BCUT2D eigenvalue weighted by atomic mass is 16.5. The van der Waals surface area contributed by atoms with Gasteiger partial charge in [0.2, 0.25) is 0 Å². The first-order valence-electron chi connectivity index (χ1n) is 10.6. The van der Waals surface area contributed by atoms with E-state index in [1.54, 1.807) is 6.07 Å². The van der Waals surface area contributed by atoms with Gasteiger partial charge in [-0.1, -0.05) is 36.4 Å². The van der Waals surface area contributed by atoms with Crippen LogP contribution in [-0.4, -0.2) is 47.6 Å². The van der Waals surface area contributed by atoms with Crippen LogP contribution < -0.4 is 14.8 Å². The normalized spacial score (nSPS) is 12.3. The monoisotopic (exact) mass is 420 g/mol. The number of aromatic amines is 1. The number of hydrogen-bond donors (Lipinski definition) is 4. The van der Waals surface area contributed by atoms with E-state index >= 15 is 0 Å². The third kappa shape index (κ3) is 4.76. The number of benzene rings is 3. The van der Waals surface area contributed by atoms with E-state index in [0.29, 0.717) is 32.7 Å². The molecule has 162 valence electrons. The van der Waals surface area contributed by atoms with E-state index in [2.05, 4.69) is 10.3 Å². The number of hydrogen-bond acceptors (Lipinski definition) is 5. The van der Waals surface area contributed by atoms with Gasteiger partial charge in [-0.2, -0.15) is 0 Å². The molecule has 0 spiro atoms. The maximum atomic E-state index is 10.5. The van der Waals surface area contributed by atoms with Crippen LogP contribution in [0, 0.1) is 0 Å². The Morgan fingerprint density at radius 2 is 1.71 bits per heavy atom. The van der Waals surface area contributed by atoms with E-state index in [0.717, 1.165) is 38.9 Å². The van der Waals surface area contributed by atoms with Gasteiger partial charge >= 0.3 is 0 Å². The number of aromatic hydroxyl groups is 1. The minimum Gasteiger partial charge on any atom is -0.507 e. The molecule has 4 aromatic rings. The van der Waals surface area contributed by atoms with Crippen molar-refractivity contribution in [2.75, 3.05) is 26.3 Å². The van der Waals surface area contributed by atoms with Crippen molar-refractivity contribution in [1.29, 1.82) is 0 Å². The molecule has 0 aliphatic rings. The highest BCUT2D eigenvalue weighted by Gasteiger charge is 2.14. The molecule has 6 heteroatoms. The van der Waals surface area contributed by atoms with Gasteiger partial charge in [0.25, 0.3) is 0 Å². The second-order valence-electron chi connectivity index (χ2n) is 7.45. The molecule has 0 saturated carbocycles. The summed E-state index contributed by atoms with van der Waals surface area (Å²) in [6.45, 7) is 4.05. The summed E-state index contributed by atoms with van der Waals surface area (Å²) in [5.74, 6) is 1.70. The summed E-state index contributed by atoms with van der Waals surface area (Å²) >= 11 is 0. The van der Waals surface area contributed by atoms with Crippen LogP contribution in [0.5, 0.6) is 17.2 Å². The fourth-order valence-electron chi connectivity index (χ4n) is 3.84. The summed E-state index contributed by atoms with van der Waals surface area (Å²) in [4.78, 5) is 3.38. The smallest absolute Gasteiger partial charge is 0.161 e. The molecule has 0 aliphatic heterocycles. The van der Waals surface area contributed by atoms with Gasteiger partial charge in [0.05, 0.1) is 18.2 Å². The first-order chi connectivity index (χ1) is 15.2. The number of ether oxygens (including phenoxy) is 2. The van der Waals surface area contributed by atoms with Crippen LogP contribution in [0.2, 0.25) is 0 Å². The lowest BCUT2D eigenvalue weighted by atomic mass is 10.0. The second kappa shape index (κ2) is 9.73. The molecule has 31 heavy (non-hydrogen) atoms. The lowest BCUT2D eigenvalue weighted by molar-refractivity contribution is 0.169. The van der Waals surface area contributed by atoms with Crippen molar-refractivity contribution < 1.29 is 19.7 Å². The summed E-state index contributed by atoms with van der Waals surface area (Å²) in [6, 6.07) is 19.1. The van der Waals surface area contributed by atoms with E-state index in [-0.39, 0.29) is 5.75 Å². The minimum atomic E-state index is -0.560. The number of rotatable bonds is 10. The molecule has 0 aliphatic carbocycles. The number of aliphatic hydroxyl groups excluding tert-OH is 1. The van der Waals surface area contributed by atoms with Gasteiger partial charge in [0.15, 0.2) is 11.5 Å². The number of fused-ring (bicyclic) bond motifs is 3. The van der Waals surface area contributed by atoms with Gasteiger partial charge in [-0.15, -0.1) is 0 Å². The van der Waals surface area contributed by atoms with Crippen LogP contribution in [0.15, 0.2) is 60.7 Å². The summed E-state index contributed by atoms with van der Waals surface area (Å²) in [5, 5.41) is 25.9. The van der Waals surface area contributed by atoms with Crippen molar-refractivity contribution in [3.63, 3.8) is 0 Å².